The van der Waals surface area contributed by atoms with Crippen molar-refractivity contribution in [2.24, 2.45) is 0 Å². The third-order valence-corrected chi connectivity index (χ3v) is 2.54. The molecule has 1 aromatic carbocycles. The average molecular weight is 262 g/mol. The quantitative estimate of drug-likeness (QED) is 0.872. The maximum Gasteiger partial charge on any atom is 0.440 e. The van der Waals surface area contributed by atoms with Crippen molar-refractivity contribution in [3.63, 3.8) is 0 Å². The van der Waals surface area contributed by atoms with E-state index in [9.17, 15) is 9.90 Å². The molecule has 0 amide bonds. The van der Waals surface area contributed by atoms with Crippen LogP contribution in [-0.2, 0) is 0 Å². The Morgan fingerprint density at radius 2 is 2.21 bits per heavy atom. The normalized spacial score (nSPS) is 12.7. The van der Waals surface area contributed by atoms with Gasteiger partial charge in [0, 0.05) is 0 Å². The molecule has 6 nitrogen and oxygen atoms in total. The summed E-state index contributed by atoms with van der Waals surface area (Å²) in [6, 6.07) is 8.94. The molecule has 0 aliphatic rings. The number of methoxy groups -OCH3 is 1. The highest BCUT2D eigenvalue weighted by Gasteiger charge is 2.15. The van der Waals surface area contributed by atoms with E-state index in [0.29, 0.717) is 0 Å². The second kappa shape index (κ2) is 6.01. The molecule has 0 saturated heterocycles. The van der Waals surface area contributed by atoms with Gasteiger partial charge in [-0.05, 0) is 5.56 Å². The molecule has 0 aliphatic carbocycles. The third kappa shape index (κ3) is 3.11. The summed E-state index contributed by atoms with van der Waals surface area (Å²) in [5.41, 5.74) is 0.962. The van der Waals surface area contributed by atoms with E-state index in [2.05, 4.69) is 5.10 Å². The van der Waals surface area contributed by atoms with E-state index in [0.717, 1.165) is 10.2 Å². The van der Waals surface area contributed by atoms with Crippen LogP contribution in [0.2, 0.25) is 0 Å². The molecule has 1 unspecified atom stereocenters. The van der Waals surface area contributed by atoms with Crippen LogP contribution in [0, 0.1) is 0 Å². The van der Waals surface area contributed by atoms with E-state index in [1.807, 2.05) is 30.3 Å². The Bertz CT molecular complexity index is 601. The second-order valence-corrected chi connectivity index (χ2v) is 3.80. The molecule has 2 aromatic rings. The zero-order valence-electron chi connectivity index (χ0n) is 10.4. The zero-order valence-corrected chi connectivity index (χ0v) is 10.4. The van der Waals surface area contributed by atoms with Crippen molar-refractivity contribution in [3.8, 4) is 6.08 Å². The van der Waals surface area contributed by atoms with E-state index >= 15 is 0 Å². The van der Waals surface area contributed by atoms with E-state index in [4.69, 9.17) is 9.15 Å². The minimum absolute atomic E-state index is 0.128. The highest BCUT2D eigenvalue weighted by atomic mass is 16.6. The highest BCUT2D eigenvalue weighted by Crippen LogP contribution is 2.10. The Kier molecular flexibility index (Phi) is 4.15. The fourth-order valence-corrected chi connectivity index (χ4v) is 1.57. The smallest absolute Gasteiger partial charge is 0.440 e. The van der Waals surface area contributed by atoms with E-state index in [-0.39, 0.29) is 12.7 Å². The number of hydrogen-bond donors (Lipinski definition) is 1. The van der Waals surface area contributed by atoms with Crippen molar-refractivity contribution < 1.29 is 14.3 Å². The van der Waals surface area contributed by atoms with Crippen molar-refractivity contribution in [2.45, 2.75) is 6.04 Å². The van der Waals surface area contributed by atoms with Gasteiger partial charge < -0.3 is 14.3 Å². The number of aliphatic hydroxyl groups is 1. The predicted octanol–water partition coefficient (Wildman–Crippen LogP) is 1.09. The summed E-state index contributed by atoms with van der Waals surface area (Å²) in [6.45, 7) is -0.265. The van der Waals surface area contributed by atoms with Gasteiger partial charge in [0.15, 0.2) is 0 Å². The maximum absolute atomic E-state index is 11.5. The molecule has 0 saturated carbocycles. The molecule has 100 valence electrons. The van der Waals surface area contributed by atoms with E-state index in [1.165, 1.54) is 7.11 Å². The van der Waals surface area contributed by atoms with Crippen LogP contribution in [0.3, 0.4) is 0 Å². The van der Waals surface area contributed by atoms with Gasteiger partial charge in [-0.15, -0.1) is 0 Å². The zero-order chi connectivity index (χ0) is 13.7. The van der Waals surface area contributed by atoms with Gasteiger partial charge in [0.05, 0.1) is 13.7 Å². The first-order chi connectivity index (χ1) is 9.24. The summed E-state index contributed by atoms with van der Waals surface area (Å²) in [5, 5.41) is 13.1. The summed E-state index contributed by atoms with van der Waals surface area (Å²) in [6.07, 6.45) is 3.35. The minimum atomic E-state index is -0.673. The fourth-order valence-electron chi connectivity index (χ4n) is 1.57. The maximum atomic E-state index is 11.5. The van der Waals surface area contributed by atoms with Crippen LogP contribution in [-0.4, -0.2) is 28.6 Å². The highest BCUT2D eigenvalue weighted by molar-refractivity contribution is 5.49. The fraction of sp³-hybridized carbons (Fsp3) is 0.231. The minimum Gasteiger partial charge on any atom is -0.452 e. The van der Waals surface area contributed by atoms with Crippen LogP contribution in [0.25, 0.3) is 6.08 Å². The Morgan fingerprint density at radius 1 is 1.47 bits per heavy atom. The molecule has 1 heterocycles. The van der Waals surface area contributed by atoms with Crippen molar-refractivity contribution in [1.82, 2.24) is 9.78 Å². The summed E-state index contributed by atoms with van der Waals surface area (Å²) >= 11 is 0. The first kappa shape index (κ1) is 13.1. The lowest BCUT2D eigenvalue weighted by atomic mass is 10.2. The lowest BCUT2D eigenvalue weighted by Crippen LogP contribution is -2.23. The van der Waals surface area contributed by atoms with Gasteiger partial charge in [-0.2, -0.15) is 4.68 Å². The van der Waals surface area contributed by atoms with Crippen molar-refractivity contribution in [3.05, 3.63) is 52.5 Å². The molecule has 6 heteroatoms. The van der Waals surface area contributed by atoms with Crippen LogP contribution in [0.4, 0.5) is 0 Å². The average Bonchev–Trinajstić information content (AvgIpc) is 2.82. The van der Waals surface area contributed by atoms with Gasteiger partial charge in [-0.3, -0.25) is 0 Å². The van der Waals surface area contributed by atoms with Crippen molar-refractivity contribution in [2.75, 3.05) is 13.7 Å². The Morgan fingerprint density at radius 3 is 2.79 bits per heavy atom. The molecule has 0 fully saturated rings. The molecule has 1 aromatic heterocycles. The number of aromatic nitrogens is 2. The van der Waals surface area contributed by atoms with Crippen LogP contribution in [0.15, 0.2) is 45.6 Å². The molecule has 2 rings (SSSR count). The first-order valence-corrected chi connectivity index (χ1v) is 5.72. The molecule has 0 bridgehead atoms. The van der Waals surface area contributed by atoms with Gasteiger partial charge in [-0.25, -0.2) is 4.79 Å². The van der Waals surface area contributed by atoms with Gasteiger partial charge in [-0.1, -0.05) is 47.6 Å². The van der Waals surface area contributed by atoms with E-state index < -0.39 is 11.8 Å². The Labute approximate surface area is 109 Å². The van der Waals surface area contributed by atoms with Crippen LogP contribution >= 0.6 is 0 Å². The number of rotatable bonds is 5. The second-order valence-electron chi connectivity index (χ2n) is 3.80. The van der Waals surface area contributed by atoms with Crippen LogP contribution in [0.1, 0.15) is 11.6 Å². The predicted molar refractivity (Wildman–Crippen MR) is 68.9 cm³/mol. The number of hydrogen-bond acceptors (Lipinski definition) is 5. The molecule has 0 radical (unpaired) electrons. The van der Waals surface area contributed by atoms with Gasteiger partial charge in [0.25, 0.3) is 0 Å². The Hall–Kier alpha value is -2.34. The van der Waals surface area contributed by atoms with Gasteiger partial charge in [0.1, 0.15) is 6.04 Å². The van der Waals surface area contributed by atoms with Crippen LogP contribution < -0.4 is 10.5 Å². The number of benzene rings is 1. The third-order valence-electron chi connectivity index (χ3n) is 2.54. The molecule has 19 heavy (non-hydrogen) atoms. The van der Waals surface area contributed by atoms with Crippen molar-refractivity contribution >= 4 is 6.08 Å². The molecular formula is C13H14N2O4. The standard InChI is InChI=1S/C13H14N2O4/c1-18-12-14-15(13(17)19-12)11(9-16)8-7-10-5-3-2-4-6-10/h2-8,11,16H,9H2,1H3/b8-7+. The monoisotopic (exact) mass is 262 g/mol. The number of ether oxygens (including phenoxy) is 1. The van der Waals surface area contributed by atoms with Gasteiger partial charge in [0.2, 0.25) is 0 Å². The number of aliphatic hydroxyl groups excluding tert-OH is 1. The largest absolute Gasteiger partial charge is 0.452 e. The molecule has 0 aliphatic heterocycles. The number of nitrogens with zero attached hydrogens (tertiary/aromatic N) is 2. The van der Waals surface area contributed by atoms with Gasteiger partial charge >= 0.3 is 11.8 Å². The lowest BCUT2D eigenvalue weighted by Gasteiger charge is -2.06. The van der Waals surface area contributed by atoms with E-state index in [1.54, 1.807) is 12.2 Å². The summed E-state index contributed by atoms with van der Waals surface area (Å²) in [5.74, 6) is -0.673. The first-order valence-electron chi connectivity index (χ1n) is 5.72. The van der Waals surface area contributed by atoms with Crippen molar-refractivity contribution in [1.29, 1.82) is 0 Å². The molecular weight excluding hydrogens is 248 g/mol. The Balaban J connectivity index is 2.23. The summed E-state index contributed by atoms with van der Waals surface area (Å²) in [7, 11) is 1.35. The summed E-state index contributed by atoms with van der Waals surface area (Å²) in [4.78, 5) is 11.5. The SMILES string of the molecule is COc1nn(C(/C=C/c2ccccc2)CO)c(=O)o1. The lowest BCUT2D eigenvalue weighted by molar-refractivity contribution is 0.239. The van der Waals surface area contributed by atoms with Crippen LogP contribution in [0.5, 0.6) is 6.08 Å². The molecule has 1 atom stereocenters. The summed E-state index contributed by atoms with van der Waals surface area (Å²) < 4.78 is 10.5. The molecule has 1 N–H and O–H groups in total. The topological polar surface area (TPSA) is 77.5 Å². The molecule has 0 spiro atoms.